The monoisotopic (exact) mass is 364 g/mol. The van der Waals surface area contributed by atoms with E-state index in [2.05, 4.69) is 15.7 Å². The number of hydrogen-bond acceptors (Lipinski definition) is 4. The molecule has 2 amide bonds. The Bertz CT molecular complexity index is 898. The third-order valence-electron chi connectivity index (χ3n) is 3.75. The molecule has 2 heterocycles. The molecular formula is C20H20N4O3. The highest BCUT2D eigenvalue weighted by atomic mass is 16.3. The van der Waals surface area contributed by atoms with E-state index in [9.17, 15) is 9.59 Å². The van der Waals surface area contributed by atoms with E-state index in [1.807, 2.05) is 30.3 Å². The number of nitrogens with one attached hydrogen (secondary N) is 2. The predicted molar refractivity (Wildman–Crippen MR) is 102 cm³/mol. The smallest absolute Gasteiger partial charge is 0.244 e. The van der Waals surface area contributed by atoms with Crippen molar-refractivity contribution in [1.29, 1.82) is 0 Å². The maximum Gasteiger partial charge on any atom is 0.244 e. The summed E-state index contributed by atoms with van der Waals surface area (Å²) < 4.78 is 6.82. The molecule has 0 aliphatic carbocycles. The number of nitrogens with zero attached hydrogens (tertiary/aromatic N) is 2. The van der Waals surface area contributed by atoms with Crippen molar-refractivity contribution in [2.45, 2.75) is 13.0 Å². The van der Waals surface area contributed by atoms with Crippen molar-refractivity contribution >= 4 is 23.7 Å². The maximum absolute atomic E-state index is 12.1. The van der Waals surface area contributed by atoms with Gasteiger partial charge in [-0.15, -0.1) is 0 Å². The minimum absolute atomic E-state index is 0.164. The summed E-state index contributed by atoms with van der Waals surface area (Å²) in [5.74, 6) is 0.732. The standard InChI is InChI=1S/C20H20N4O3/c25-19(9-8-17-7-4-14-27-17)21-12-11-20(26)23-18-10-13-22-24(18)15-16-5-2-1-3-6-16/h1-10,13-14H,11-12,15H2,(H,21,25)(H,23,26)/b9-8+. The van der Waals surface area contributed by atoms with Crippen molar-refractivity contribution in [1.82, 2.24) is 15.1 Å². The summed E-state index contributed by atoms with van der Waals surface area (Å²) in [5.41, 5.74) is 1.09. The Morgan fingerprint density at radius 3 is 2.74 bits per heavy atom. The second-order valence-electron chi connectivity index (χ2n) is 5.80. The van der Waals surface area contributed by atoms with Crippen molar-refractivity contribution in [3.8, 4) is 0 Å². The van der Waals surface area contributed by atoms with Gasteiger partial charge in [0.1, 0.15) is 11.6 Å². The second-order valence-corrected chi connectivity index (χ2v) is 5.80. The molecular weight excluding hydrogens is 344 g/mol. The number of anilines is 1. The lowest BCUT2D eigenvalue weighted by Crippen LogP contribution is -2.26. The van der Waals surface area contributed by atoms with E-state index < -0.39 is 0 Å². The van der Waals surface area contributed by atoms with Gasteiger partial charge in [0.2, 0.25) is 11.8 Å². The molecule has 0 bridgehead atoms. The third kappa shape index (κ3) is 5.71. The van der Waals surface area contributed by atoms with E-state index in [0.717, 1.165) is 5.56 Å². The number of furan rings is 1. The maximum atomic E-state index is 12.1. The zero-order chi connectivity index (χ0) is 18.9. The molecule has 0 aliphatic heterocycles. The normalized spacial score (nSPS) is 10.8. The Hall–Kier alpha value is -3.61. The summed E-state index contributed by atoms with van der Waals surface area (Å²) in [7, 11) is 0. The van der Waals surface area contributed by atoms with Crippen LogP contribution in [0, 0.1) is 0 Å². The van der Waals surface area contributed by atoms with Crippen LogP contribution in [-0.4, -0.2) is 28.1 Å². The highest BCUT2D eigenvalue weighted by Gasteiger charge is 2.08. The Morgan fingerprint density at radius 2 is 1.96 bits per heavy atom. The molecule has 2 aromatic heterocycles. The van der Waals surface area contributed by atoms with E-state index in [-0.39, 0.29) is 24.8 Å². The van der Waals surface area contributed by atoms with Gasteiger partial charge in [-0.25, -0.2) is 4.68 Å². The fraction of sp³-hybridized carbons (Fsp3) is 0.150. The average molecular weight is 364 g/mol. The van der Waals surface area contributed by atoms with E-state index >= 15 is 0 Å². The highest BCUT2D eigenvalue weighted by Crippen LogP contribution is 2.10. The van der Waals surface area contributed by atoms with Crippen LogP contribution in [0.2, 0.25) is 0 Å². The number of aromatic nitrogens is 2. The molecule has 0 saturated heterocycles. The van der Waals surface area contributed by atoms with Crippen LogP contribution in [0.5, 0.6) is 0 Å². The van der Waals surface area contributed by atoms with Gasteiger partial charge < -0.3 is 15.1 Å². The van der Waals surface area contributed by atoms with Gasteiger partial charge in [-0.05, 0) is 23.8 Å². The van der Waals surface area contributed by atoms with Gasteiger partial charge in [-0.3, -0.25) is 9.59 Å². The van der Waals surface area contributed by atoms with Crippen molar-refractivity contribution in [3.63, 3.8) is 0 Å². The molecule has 0 spiro atoms. The Balaban J connectivity index is 1.43. The largest absolute Gasteiger partial charge is 0.465 e. The van der Waals surface area contributed by atoms with E-state index in [0.29, 0.717) is 18.1 Å². The SMILES string of the molecule is O=C(/C=C/c1ccco1)NCCC(=O)Nc1ccnn1Cc1ccccc1. The molecule has 3 rings (SSSR count). The van der Waals surface area contributed by atoms with Crippen LogP contribution in [0.1, 0.15) is 17.7 Å². The molecule has 138 valence electrons. The Labute approximate surface area is 156 Å². The van der Waals surface area contributed by atoms with Gasteiger partial charge in [0.05, 0.1) is 19.0 Å². The Morgan fingerprint density at radius 1 is 1.11 bits per heavy atom. The average Bonchev–Trinajstić information content (AvgIpc) is 3.33. The summed E-state index contributed by atoms with van der Waals surface area (Å²) >= 11 is 0. The molecule has 0 fully saturated rings. The van der Waals surface area contributed by atoms with Crippen LogP contribution in [0.25, 0.3) is 6.08 Å². The van der Waals surface area contributed by atoms with Gasteiger partial charge in [0.15, 0.2) is 0 Å². The number of carbonyl (C=O) groups is 2. The van der Waals surface area contributed by atoms with E-state index in [1.54, 1.807) is 35.2 Å². The lowest BCUT2D eigenvalue weighted by Gasteiger charge is -2.09. The molecule has 0 aliphatic rings. The topological polar surface area (TPSA) is 89.2 Å². The second kappa shape index (κ2) is 9.19. The quantitative estimate of drug-likeness (QED) is 0.602. The van der Waals surface area contributed by atoms with E-state index in [4.69, 9.17) is 4.42 Å². The molecule has 7 heteroatoms. The first kappa shape index (κ1) is 18.2. The first-order valence-electron chi connectivity index (χ1n) is 8.56. The zero-order valence-corrected chi connectivity index (χ0v) is 14.7. The molecule has 0 atom stereocenters. The van der Waals surface area contributed by atoms with Gasteiger partial charge >= 0.3 is 0 Å². The molecule has 0 unspecified atom stereocenters. The van der Waals surface area contributed by atoms with Crippen LogP contribution >= 0.6 is 0 Å². The molecule has 1 aromatic carbocycles. The minimum atomic E-state index is -0.284. The fourth-order valence-corrected chi connectivity index (χ4v) is 2.43. The van der Waals surface area contributed by atoms with Crippen LogP contribution in [0.15, 0.2) is 71.5 Å². The van der Waals surface area contributed by atoms with Gasteiger partial charge in [0.25, 0.3) is 0 Å². The lowest BCUT2D eigenvalue weighted by atomic mass is 10.2. The number of hydrogen-bond donors (Lipinski definition) is 2. The van der Waals surface area contributed by atoms with Crippen LogP contribution in [0.4, 0.5) is 5.82 Å². The lowest BCUT2D eigenvalue weighted by molar-refractivity contribution is -0.117. The summed E-state index contributed by atoms with van der Waals surface area (Å²) in [6.07, 6.45) is 6.27. The first-order chi connectivity index (χ1) is 13.2. The summed E-state index contributed by atoms with van der Waals surface area (Å²) in [6.45, 7) is 0.803. The van der Waals surface area contributed by atoms with Crippen molar-refractivity contribution in [3.05, 3.63) is 78.4 Å². The van der Waals surface area contributed by atoms with Crippen LogP contribution < -0.4 is 10.6 Å². The highest BCUT2D eigenvalue weighted by molar-refractivity contribution is 5.93. The van der Waals surface area contributed by atoms with E-state index in [1.165, 1.54) is 12.3 Å². The number of amides is 2. The summed E-state index contributed by atoms with van der Waals surface area (Å²) in [5, 5.41) is 9.71. The van der Waals surface area contributed by atoms with Gasteiger partial charge in [-0.2, -0.15) is 5.10 Å². The molecule has 2 N–H and O–H groups in total. The zero-order valence-electron chi connectivity index (χ0n) is 14.7. The predicted octanol–water partition coefficient (Wildman–Crippen LogP) is 2.68. The van der Waals surface area contributed by atoms with Gasteiger partial charge in [-0.1, -0.05) is 30.3 Å². The number of carbonyl (C=O) groups excluding carboxylic acids is 2. The molecule has 0 saturated carbocycles. The molecule has 7 nitrogen and oxygen atoms in total. The number of rotatable bonds is 8. The van der Waals surface area contributed by atoms with Crippen molar-refractivity contribution in [2.75, 3.05) is 11.9 Å². The van der Waals surface area contributed by atoms with Crippen molar-refractivity contribution in [2.24, 2.45) is 0 Å². The first-order valence-corrected chi connectivity index (χ1v) is 8.56. The minimum Gasteiger partial charge on any atom is -0.465 e. The molecule has 27 heavy (non-hydrogen) atoms. The summed E-state index contributed by atoms with van der Waals surface area (Å²) in [6, 6.07) is 15.1. The van der Waals surface area contributed by atoms with Gasteiger partial charge in [0, 0.05) is 25.1 Å². The number of benzene rings is 1. The molecule has 0 radical (unpaired) electrons. The third-order valence-corrected chi connectivity index (χ3v) is 3.75. The fourth-order valence-electron chi connectivity index (χ4n) is 2.43. The van der Waals surface area contributed by atoms with Crippen LogP contribution in [0.3, 0.4) is 0 Å². The van der Waals surface area contributed by atoms with Crippen molar-refractivity contribution < 1.29 is 14.0 Å². The molecule has 3 aromatic rings. The Kier molecular flexibility index (Phi) is 6.19. The summed E-state index contributed by atoms with van der Waals surface area (Å²) in [4.78, 5) is 23.8. The van der Waals surface area contributed by atoms with Crippen LogP contribution in [-0.2, 0) is 16.1 Å².